The van der Waals surface area contributed by atoms with Gasteiger partial charge in [0.25, 0.3) is 5.69 Å². The van der Waals surface area contributed by atoms with Gasteiger partial charge in [0.05, 0.1) is 28.3 Å². The Morgan fingerprint density at radius 3 is 2.78 bits per heavy atom. The number of benzene rings is 1. The Labute approximate surface area is 157 Å². The predicted molar refractivity (Wildman–Crippen MR) is 104 cm³/mol. The Hall–Kier alpha value is -2.93. The number of aromatic nitrogens is 1. The van der Waals surface area contributed by atoms with Gasteiger partial charge in [-0.15, -0.1) is 0 Å². The van der Waals surface area contributed by atoms with Gasteiger partial charge < -0.3 is 9.73 Å². The zero-order chi connectivity index (χ0) is 18.6. The Balaban J connectivity index is 1.61. The largest absolute Gasteiger partial charge is 0.468 e. The lowest BCUT2D eigenvalue weighted by Gasteiger charge is -2.33. The highest BCUT2D eigenvalue weighted by Gasteiger charge is 2.25. The molecule has 1 aliphatic rings. The normalized spacial score (nSPS) is 16.3. The zero-order valence-corrected chi connectivity index (χ0v) is 15.0. The van der Waals surface area contributed by atoms with Crippen LogP contribution in [0.15, 0.2) is 53.3 Å². The molecule has 2 aromatic heterocycles. The fraction of sp³-hybridized carbons (Fsp3) is 0.350. The summed E-state index contributed by atoms with van der Waals surface area (Å²) in [5.74, 6) is 0.934. The first-order chi connectivity index (χ1) is 13.2. The van der Waals surface area contributed by atoms with Gasteiger partial charge in [-0.3, -0.25) is 20.0 Å². The third kappa shape index (κ3) is 3.64. The van der Waals surface area contributed by atoms with Crippen molar-refractivity contribution < 1.29 is 9.34 Å². The monoisotopic (exact) mass is 366 g/mol. The van der Waals surface area contributed by atoms with Crippen LogP contribution in [0.3, 0.4) is 0 Å². The number of piperidine rings is 1. The predicted octanol–water partition coefficient (Wildman–Crippen LogP) is 4.38. The molecule has 27 heavy (non-hydrogen) atoms. The molecule has 1 aromatic carbocycles. The van der Waals surface area contributed by atoms with E-state index in [0.29, 0.717) is 17.4 Å². The summed E-state index contributed by atoms with van der Waals surface area (Å²) in [4.78, 5) is 17.7. The first-order valence-electron chi connectivity index (χ1n) is 9.27. The lowest BCUT2D eigenvalue weighted by molar-refractivity contribution is -0.383. The minimum absolute atomic E-state index is 0.0715. The van der Waals surface area contributed by atoms with Crippen molar-refractivity contribution >= 4 is 22.3 Å². The maximum absolute atomic E-state index is 11.3. The van der Waals surface area contributed by atoms with Crippen LogP contribution in [0.4, 0.5) is 11.4 Å². The number of likely N-dealkylation sites (tertiary alicyclic amines) is 1. The summed E-state index contributed by atoms with van der Waals surface area (Å²) in [5.41, 5.74) is 1.48. The van der Waals surface area contributed by atoms with Gasteiger partial charge in [-0.2, -0.15) is 0 Å². The number of hydrogen-bond donors (Lipinski definition) is 1. The molecule has 7 nitrogen and oxygen atoms in total. The van der Waals surface area contributed by atoms with Gasteiger partial charge in [-0.25, -0.2) is 0 Å². The second-order valence-corrected chi connectivity index (χ2v) is 6.80. The first-order valence-corrected chi connectivity index (χ1v) is 9.27. The number of nitro benzene ring substituents is 1. The van der Waals surface area contributed by atoms with E-state index in [1.807, 2.05) is 12.1 Å². The maximum Gasteiger partial charge on any atom is 0.278 e. The lowest BCUT2D eigenvalue weighted by Crippen LogP contribution is -2.37. The van der Waals surface area contributed by atoms with Crippen LogP contribution >= 0.6 is 0 Å². The molecule has 0 aliphatic carbocycles. The average molecular weight is 366 g/mol. The molecule has 140 valence electrons. The van der Waals surface area contributed by atoms with Crippen LogP contribution in [-0.4, -0.2) is 34.4 Å². The van der Waals surface area contributed by atoms with Gasteiger partial charge in [-0.05, 0) is 56.3 Å². The summed E-state index contributed by atoms with van der Waals surface area (Å²) in [6, 6.07) is 10.8. The maximum atomic E-state index is 11.3. The molecule has 1 fully saturated rings. The Morgan fingerprint density at radius 1 is 1.19 bits per heavy atom. The van der Waals surface area contributed by atoms with Crippen molar-refractivity contribution in [2.75, 3.05) is 25.0 Å². The molecule has 1 N–H and O–H groups in total. The molecule has 0 amide bonds. The second-order valence-electron chi connectivity index (χ2n) is 6.80. The van der Waals surface area contributed by atoms with Gasteiger partial charge in [0.2, 0.25) is 0 Å². The van der Waals surface area contributed by atoms with Crippen molar-refractivity contribution in [1.29, 1.82) is 0 Å². The molecule has 7 heteroatoms. The molecule has 1 aliphatic heterocycles. The van der Waals surface area contributed by atoms with Crippen molar-refractivity contribution in [3.63, 3.8) is 0 Å². The molecular formula is C20H22N4O3. The lowest BCUT2D eigenvalue weighted by atomic mass is 10.1. The first kappa shape index (κ1) is 17.5. The smallest absolute Gasteiger partial charge is 0.278 e. The summed E-state index contributed by atoms with van der Waals surface area (Å²) in [6.07, 6.45) is 7.02. The van der Waals surface area contributed by atoms with E-state index in [2.05, 4.69) is 15.2 Å². The number of anilines is 1. The summed E-state index contributed by atoms with van der Waals surface area (Å²) in [6.45, 7) is 2.75. The van der Waals surface area contributed by atoms with Crippen molar-refractivity contribution in [3.8, 4) is 0 Å². The highest BCUT2D eigenvalue weighted by molar-refractivity contribution is 5.96. The van der Waals surface area contributed by atoms with Gasteiger partial charge in [-0.1, -0.05) is 6.42 Å². The van der Waals surface area contributed by atoms with Crippen LogP contribution in [0.5, 0.6) is 0 Å². The number of fused-ring (bicyclic) bond motifs is 1. The van der Waals surface area contributed by atoms with Gasteiger partial charge in [0.15, 0.2) is 0 Å². The van der Waals surface area contributed by atoms with Gasteiger partial charge in [0, 0.05) is 18.8 Å². The minimum atomic E-state index is -0.368. The van der Waals surface area contributed by atoms with Gasteiger partial charge >= 0.3 is 0 Å². The van der Waals surface area contributed by atoms with Crippen LogP contribution in [0.1, 0.15) is 31.1 Å². The Kier molecular flexibility index (Phi) is 5.02. The summed E-state index contributed by atoms with van der Waals surface area (Å²) in [5, 5.41) is 15.3. The van der Waals surface area contributed by atoms with Crippen LogP contribution in [0, 0.1) is 10.1 Å². The number of furan rings is 1. The number of nitrogens with one attached hydrogen (secondary N) is 1. The van der Waals surface area contributed by atoms with Crippen LogP contribution < -0.4 is 5.32 Å². The zero-order valence-electron chi connectivity index (χ0n) is 15.0. The fourth-order valence-corrected chi connectivity index (χ4v) is 3.79. The quantitative estimate of drug-likeness (QED) is 0.515. The van der Waals surface area contributed by atoms with Crippen LogP contribution in [0.2, 0.25) is 0 Å². The van der Waals surface area contributed by atoms with E-state index in [1.165, 1.54) is 25.3 Å². The number of pyridine rings is 1. The molecule has 4 rings (SSSR count). The summed E-state index contributed by atoms with van der Waals surface area (Å²) in [7, 11) is 0. The molecule has 3 aromatic rings. The van der Waals surface area contributed by atoms with E-state index in [9.17, 15) is 10.1 Å². The molecule has 3 heterocycles. The molecule has 1 saturated heterocycles. The topological polar surface area (TPSA) is 84.4 Å². The molecule has 0 bridgehead atoms. The van der Waals surface area contributed by atoms with E-state index in [1.54, 1.807) is 30.7 Å². The summed E-state index contributed by atoms with van der Waals surface area (Å²) >= 11 is 0. The van der Waals surface area contributed by atoms with Crippen LogP contribution in [0.25, 0.3) is 10.9 Å². The highest BCUT2D eigenvalue weighted by Crippen LogP contribution is 2.31. The van der Waals surface area contributed by atoms with E-state index in [4.69, 9.17) is 4.42 Å². The van der Waals surface area contributed by atoms with Gasteiger partial charge in [0.1, 0.15) is 11.3 Å². The van der Waals surface area contributed by atoms with Crippen molar-refractivity contribution in [3.05, 3.63) is 64.7 Å². The van der Waals surface area contributed by atoms with E-state index >= 15 is 0 Å². The molecule has 0 radical (unpaired) electrons. The minimum Gasteiger partial charge on any atom is -0.468 e. The number of rotatable bonds is 6. The van der Waals surface area contributed by atoms with Crippen LogP contribution in [-0.2, 0) is 0 Å². The fourth-order valence-electron chi connectivity index (χ4n) is 3.79. The highest BCUT2D eigenvalue weighted by atomic mass is 16.6. The number of nitrogens with zero attached hydrogens (tertiary/aromatic N) is 3. The van der Waals surface area contributed by atoms with E-state index < -0.39 is 0 Å². The SMILES string of the molecule is O=[N+]([O-])c1ccc(NC[C@@H](c2ccco2)N2CCCCC2)c2ncccc12. The Morgan fingerprint density at radius 2 is 2.04 bits per heavy atom. The Bertz CT molecular complexity index is 920. The molecule has 1 atom stereocenters. The molecule has 0 saturated carbocycles. The second kappa shape index (κ2) is 7.75. The molecule has 0 unspecified atom stereocenters. The number of nitro groups is 1. The van der Waals surface area contributed by atoms with Crippen molar-refractivity contribution in [2.45, 2.75) is 25.3 Å². The number of hydrogen-bond acceptors (Lipinski definition) is 6. The summed E-state index contributed by atoms with van der Waals surface area (Å²) < 4.78 is 5.69. The number of non-ortho nitro benzene ring substituents is 1. The molecular weight excluding hydrogens is 344 g/mol. The third-order valence-electron chi connectivity index (χ3n) is 5.13. The van der Waals surface area contributed by atoms with E-state index in [0.717, 1.165) is 24.5 Å². The third-order valence-corrected chi connectivity index (χ3v) is 5.13. The van der Waals surface area contributed by atoms with Crippen molar-refractivity contribution in [1.82, 2.24) is 9.88 Å². The van der Waals surface area contributed by atoms with E-state index in [-0.39, 0.29) is 16.7 Å². The molecule has 0 spiro atoms. The average Bonchev–Trinajstić information content (AvgIpc) is 3.23. The standard InChI is InChI=1S/C20H22N4O3/c25-24(26)17-9-8-16(20-15(17)6-4-10-21-20)22-14-18(19-7-5-13-27-19)23-11-2-1-3-12-23/h4-10,13,18,22H,1-3,11-12,14H2/t18-/m0/s1. The van der Waals surface area contributed by atoms with Crippen molar-refractivity contribution in [2.24, 2.45) is 0 Å².